The van der Waals surface area contributed by atoms with E-state index in [0.717, 1.165) is 0 Å². The fraction of sp³-hybridized carbons (Fsp3) is 0.179. The fourth-order valence-corrected chi connectivity index (χ4v) is 4.45. The predicted octanol–water partition coefficient (Wildman–Crippen LogP) is 3.87. The molecule has 1 aliphatic rings. The Kier molecular flexibility index (Phi) is 6.38. The zero-order valence-corrected chi connectivity index (χ0v) is 20.3. The molecule has 0 fully saturated rings. The van der Waals surface area contributed by atoms with Gasteiger partial charge in [0, 0.05) is 29.2 Å². The van der Waals surface area contributed by atoms with Crippen molar-refractivity contribution in [3.05, 3.63) is 75.9 Å². The maximum Gasteiger partial charge on any atom is 0.343 e. The third-order valence-corrected chi connectivity index (χ3v) is 6.23. The van der Waals surface area contributed by atoms with Gasteiger partial charge in [0.05, 0.1) is 20.6 Å². The number of benzene rings is 3. The molecule has 4 aromatic rings. The lowest BCUT2D eigenvalue weighted by molar-refractivity contribution is -0.143. The number of ether oxygens (including phenoxy) is 4. The third kappa shape index (κ3) is 4.47. The van der Waals surface area contributed by atoms with Crippen LogP contribution in [-0.4, -0.2) is 43.0 Å². The molecular weight excluding hydrogens is 496 g/mol. The van der Waals surface area contributed by atoms with Gasteiger partial charge in [-0.1, -0.05) is 12.1 Å². The minimum Gasteiger partial charge on any atom is -0.507 e. The van der Waals surface area contributed by atoms with Gasteiger partial charge in [-0.05, 0) is 35.9 Å². The van der Waals surface area contributed by atoms with Crippen molar-refractivity contribution in [2.24, 2.45) is 0 Å². The first kappa shape index (κ1) is 24.7. The number of esters is 2. The lowest BCUT2D eigenvalue weighted by Gasteiger charge is -2.26. The van der Waals surface area contributed by atoms with Crippen LogP contribution in [0.2, 0.25) is 0 Å². The van der Waals surface area contributed by atoms with Crippen LogP contribution in [0.25, 0.3) is 22.3 Å². The average Bonchev–Trinajstić information content (AvgIpc) is 2.90. The van der Waals surface area contributed by atoms with Gasteiger partial charge in [-0.2, -0.15) is 0 Å². The molecule has 5 rings (SSSR count). The second-order valence-electron chi connectivity index (χ2n) is 8.54. The highest BCUT2D eigenvalue weighted by Crippen LogP contribution is 2.46. The number of phenolic OH excluding ortho intramolecular Hbond substituents is 2. The molecule has 10 heteroatoms. The van der Waals surface area contributed by atoms with E-state index in [9.17, 15) is 24.6 Å². The quantitative estimate of drug-likeness (QED) is 0.285. The van der Waals surface area contributed by atoms with Crippen molar-refractivity contribution in [3.8, 4) is 40.1 Å². The monoisotopic (exact) mass is 518 g/mol. The molecule has 1 aromatic heterocycles. The highest BCUT2D eigenvalue weighted by molar-refractivity contribution is 5.93. The normalized spacial score (nSPS) is 14.5. The van der Waals surface area contributed by atoms with Crippen molar-refractivity contribution in [1.29, 1.82) is 0 Å². The summed E-state index contributed by atoms with van der Waals surface area (Å²) in [5.41, 5.74) is 0.924. The van der Waals surface area contributed by atoms with Crippen LogP contribution in [0.1, 0.15) is 23.5 Å². The number of phenols is 2. The molecule has 0 saturated heterocycles. The molecule has 38 heavy (non-hydrogen) atoms. The fourth-order valence-electron chi connectivity index (χ4n) is 4.45. The SMILES string of the molecule is COC(=O)COc1cccc(C2CC(=O)Oc3cc(O)c4c(=O)cc(-c5ccc(OC)c(O)c5)oc4c32)c1. The highest BCUT2D eigenvalue weighted by Gasteiger charge is 2.34. The number of hydrogen-bond acceptors (Lipinski definition) is 10. The summed E-state index contributed by atoms with van der Waals surface area (Å²) in [6.45, 7) is -0.299. The van der Waals surface area contributed by atoms with Crippen molar-refractivity contribution in [1.82, 2.24) is 0 Å². The summed E-state index contributed by atoms with van der Waals surface area (Å²) in [4.78, 5) is 37.2. The molecule has 0 aliphatic carbocycles. The number of carbonyl (C=O) groups is 2. The Morgan fingerprint density at radius 3 is 2.58 bits per heavy atom. The van der Waals surface area contributed by atoms with Crippen molar-refractivity contribution in [3.63, 3.8) is 0 Å². The molecule has 1 aliphatic heterocycles. The van der Waals surface area contributed by atoms with Crippen LogP contribution in [0.3, 0.4) is 0 Å². The maximum atomic E-state index is 13.1. The number of methoxy groups -OCH3 is 2. The van der Waals surface area contributed by atoms with E-state index in [2.05, 4.69) is 4.74 Å². The van der Waals surface area contributed by atoms with Crippen LogP contribution in [0.15, 0.2) is 63.8 Å². The van der Waals surface area contributed by atoms with E-state index < -0.39 is 29.0 Å². The summed E-state index contributed by atoms with van der Waals surface area (Å²) in [7, 11) is 2.67. The number of rotatable bonds is 6. The third-order valence-electron chi connectivity index (χ3n) is 6.23. The van der Waals surface area contributed by atoms with Crippen LogP contribution in [0.5, 0.6) is 28.7 Å². The molecule has 0 amide bonds. The molecule has 0 radical (unpaired) electrons. The Hall–Kier alpha value is -4.99. The van der Waals surface area contributed by atoms with Crippen molar-refractivity contribution >= 4 is 22.9 Å². The minimum absolute atomic E-state index is 0.0381. The van der Waals surface area contributed by atoms with Crippen LogP contribution < -0.4 is 19.6 Å². The van der Waals surface area contributed by atoms with Gasteiger partial charge in [0.1, 0.15) is 34.0 Å². The van der Waals surface area contributed by atoms with E-state index in [1.54, 1.807) is 30.3 Å². The standard InChI is InChI=1S/C28H22O10/c1-34-21-7-6-15(9-18(21)29)22-11-19(30)27-20(31)12-23-26(28(27)38-22)17(10-24(32)37-23)14-4-3-5-16(8-14)36-13-25(33)35-2/h3-9,11-12,17,29,31H,10,13H2,1-2H3. The van der Waals surface area contributed by atoms with Crippen molar-refractivity contribution in [2.45, 2.75) is 12.3 Å². The second kappa shape index (κ2) is 9.81. The van der Waals surface area contributed by atoms with Gasteiger partial charge in [-0.3, -0.25) is 9.59 Å². The first-order valence-electron chi connectivity index (χ1n) is 11.5. The number of fused-ring (bicyclic) bond motifs is 3. The molecule has 3 aromatic carbocycles. The first-order chi connectivity index (χ1) is 18.3. The Balaban J connectivity index is 1.68. The van der Waals surface area contributed by atoms with E-state index in [4.69, 9.17) is 18.6 Å². The summed E-state index contributed by atoms with van der Waals surface area (Å²) in [5.74, 6) is -1.49. The van der Waals surface area contributed by atoms with Crippen LogP contribution in [-0.2, 0) is 14.3 Å². The second-order valence-corrected chi connectivity index (χ2v) is 8.54. The number of carbonyl (C=O) groups excluding carboxylic acids is 2. The molecule has 2 heterocycles. The first-order valence-corrected chi connectivity index (χ1v) is 11.5. The average molecular weight is 518 g/mol. The summed E-state index contributed by atoms with van der Waals surface area (Å²) in [5, 5.41) is 20.8. The lowest BCUT2D eigenvalue weighted by atomic mass is 9.85. The van der Waals surface area contributed by atoms with Gasteiger partial charge in [0.25, 0.3) is 0 Å². The molecule has 1 unspecified atom stereocenters. The van der Waals surface area contributed by atoms with Gasteiger partial charge in [-0.15, -0.1) is 0 Å². The van der Waals surface area contributed by atoms with Crippen LogP contribution in [0.4, 0.5) is 0 Å². The van der Waals surface area contributed by atoms with Gasteiger partial charge < -0.3 is 33.6 Å². The van der Waals surface area contributed by atoms with E-state index in [1.807, 2.05) is 0 Å². The number of aromatic hydroxyl groups is 2. The predicted molar refractivity (Wildman–Crippen MR) is 134 cm³/mol. The van der Waals surface area contributed by atoms with Crippen molar-refractivity contribution < 1.29 is 43.2 Å². The maximum absolute atomic E-state index is 13.1. The number of hydrogen-bond donors (Lipinski definition) is 2. The molecule has 0 bridgehead atoms. The summed E-state index contributed by atoms with van der Waals surface area (Å²) < 4.78 is 26.8. The molecular formula is C28H22O10. The molecule has 0 spiro atoms. The molecule has 0 saturated carbocycles. The highest BCUT2D eigenvalue weighted by atomic mass is 16.6. The van der Waals surface area contributed by atoms with Crippen LogP contribution in [0, 0.1) is 0 Å². The van der Waals surface area contributed by atoms with Crippen LogP contribution >= 0.6 is 0 Å². The van der Waals surface area contributed by atoms with E-state index >= 15 is 0 Å². The zero-order chi connectivity index (χ0) is 27.0. The molecule has 10 nitrogen and oxygen atoms in total. The van der Waals surface area contributed by atoms with E-state index in [-0.39, 0.29) is 47.0 Å². The van der Waals surface area contributed by atoms with Gasteiger partial charge in [0.15, 0.2) is 23.5 Å². The largest absolute Gasteiger partial charge is 0.507 e. The van der Waals surface area contributed by atoms with Gasteiger partial charge >= 0.3 is 11.9 Å². The summed E-state index contributed by atoms with van der Waals surface area (Å²) in [6, 6.07) is 13.7. The van der Waals surface area contributed by atoms with E-state index in [1.165, 1.54) is 38.5 Å². The minimum atomic E-state index is -0.626. The molecule has 194 valence electrons. The molecule has 2 N–H and O–H groups in total. The Bertz CT molecular complexity index is 1640. The zero-order valence-electron chi connectivity index (χ0n) is 20.3. The van der Waals surface area contributed by atoms with Gasteiger partial charge in [-0.25, -0.2) is 4.79 Å². The summed E-state index contributed by atoms with van der Waals surface area (Å²) >= 11 is 0. The Morgan fingerprint density at radius 1 is 1.03 bits per heavy atom. The lowest BCUT2D eigenvalue weighted by Crippen LogP contribution is -2.22. The molecule has 1 atom stereocenters. The smallest absolute Gasteiger partial charge is 0.343 e. The topological polar surface area (TPSA) is 142 Å². The van der Waals surface area contributed by atoms with E-state index in [0.29, 0.717) is 22.4 Å². The summed E-state index contributed by atoms with van der Waals surface area (Å²) in [6.07, 6.45) is -0.0788. The van der Waals surface area contributed by atoms with Crippen molar-refractivity contribution in [2.75, 3.05) is 20.8 Å². The van der Waals surface area contributed by atoms with Gasteiger partial charge in [0.2, 0.25) is 0 Å². The Morgan fingerprint density at radius 2 is 1.84 bits per heavy atom. The Labute approximate surface area is 215 Å².